The molecule has 4 atom stereocenters. The summed E-state index contributed by atoms with van der Waals surface area (Å²) in [5.74, 6) is -3.38. The van der Waals surface area contributed by atoms with Crippen LogP contribution in [0.1, 0.15) is 35.3 Å². The van der Waals surface area contributed by atoms with Gasteiger partial charge in [-0.15, -0.1) is 0 Å². The number of rotatable bonds is 9. The number of carboxylic acids is 1. The zero-order valence-electron chi connectivity index (χ0n) is 16.4. The highest BCUT2D eigenvalue weighted by Gasteiger charge is 2.32. The molecular weight excluding hydrogens is 386 g/mol. The Morgan fingerprint density at radius 3 is 2.10 bits per heavy atom. The third-order valence-corrected chi connectivity index (χ3v) is 4.49. The van der Waals surface area contributed by atoms with Crippen LogP contribution in [-0.2, 0) is 9.59 Å². The first kappa shape index (κ1) is 22.6. The lowest BCUT2D eigenvalue weighted by atomic mass is 9.98. The van der Waals surface area contributed by atoms with Crippen LogP contribution in [-0.4, -0.2) is 40.1 Å². The average Bonchev–Trinajstić information content (AvgIpc) is 2.77. The molecule has 8 nitrogen and oxygen atoms in total. The van der Waals surface area contributed by atoms with E-state index >= 15 is 0 Å². The van der Waals surface area contributed by atoms with Gasteiger partial charge in [0.25, 0.3) is 11.8 Å². The normalized spacial score (nSPS) is 14.4. The van der Waals surface area contributed by atoms with Crippen LogP contribution >= 0.6 is 0 Å². The minimum atomic E-state index is -1.75. The molecule has 0 unspecified atom stereocenters. The Morgan fingerprint density at radius 2 is 1.57 bits per heavy atom. The van der Waals surface area contributed by atoms with Crippen LogP contribution < -0.4 is 10.6 Å². The number of nitriles is 1. The molecule has 4 N–H and O–H groups in total. The summed E-state index contributed by atoms with van der Waals surface area (Å²) in [6, 6.07) is 16.2. The van der Waals surface area contributed by atoms with Gasteiger partial charge in [0.2, 0.25) is 0 Å². The van der Waals surface area contributed by atoms with Crippen LogP contribution in [0.2, 0.25) is 0 Å². The average molecular weight is 409 g/mol. The van der Waals surface area contributed by atoms with Crippen molar-refractivity contribution in [2.45, 2.75) is 31.5 Å². The van der Waals surface area contributed by atoms with Gasteiger partial charge >= 0.3 is 5.97 Å². The summed E-state index contributed by atoms with van der Waals surface area (Å²) in [5, 5.41) is 33.8. The number of nitrogens with one attached hydrogen (secondary N) is 2. The Balaban J connectivity index is 2.22. The maximum atomic E-state index is 12.6. The Morgan fingerprint density at radius 1 is 1.00 bits per heavy atom. The summed E-state index contributed by atoms with van der Waals surface area (Å²) in [6.07, 6.45) is -1.87. The number of nitrogens with zero attached hydrogens (tertiary/aromatic N) is 1. The summed E-state index contributed by atoms with van der Waals surface area (Å²) in [4.78, 5) is 36.6. The molecule has 0 saturated carbocycles. The third-order valence-electron chi connectivity index (χ3n) is 4.49. The monoisotopic (exact) mass is 409 g/mol. The van der Waals surface area contributed by atoms with Gasteiger partial charge in [-0.3, -0.25) is 9.59 Å². The molecule has 0 radical (unpaired) electrons. The van der Waals surface area contributed by atoms with Crippen LogP contribution in [0.15, 0.2) is 60.7 Å². The van der Waals surface area contributed by atoms with Gasteiger partial charge in [0.05, 0.1) is 12.1 Å². The molecule has 2 aromatic carbocycles. The molecule has 0 heterocycles. The van der Waals surface area contributed by atoms with Crippen LogP contribution in [0.3, 0.4) is 0 Å². The first-order chi connectivity index (χ1) is 14.3. The minimum Gasteiger partial charge on any atom is -0.480 e. The molecule has 0 aliphatic heterocycles. The molecule has 30 heavy (non-hydrogen) atoms. The fraction of sp³-hybridized carbons (Fsp3) is 0.273. The molecule has 0 saturated heterocycles. The minimum absolute atomic E-state index is 0.114. The van der Waals surface area contributed by atoms with Crippen molar-refractivity contribution >= 4 is 17.8 Å². The SMILES string of the molecule is C[C@H](C#N)C[C@@H](NC(=O)[C@H](O)[C@@H](NC(=O)c1ccccc1)c1ccccc1)C(=O)O. The summed E-state index contributed by atoms with van der Waals surface area (Å²) in [6.45, 7) is 1.53. The van der Waals surface area contributed by atoms with Crippen molar-refractivity contribution in [1.29, 1.82) is 5.26 Å². The molecule has 156 valence electrons. The fourth-order valence-electron chi connectivity index (χ4n) is 2.86. The van der Waals surface area contributed by atoms with E-state index in [1.54, 1.807) is 60.7 Å². The number of carbonyl (C=O) groups excluding carboxylic acids is 2. The molecule has 0 spiro atoms. The van der Waals surface area contributed by atoms with E-state index in [1.165, 1.54) is 6.92 Å². The predicted molar refractivity (Wildman–Crippen MR) is 108 cm³/mol. The number of benzene rings is 2. The van der Waals surface area contributed by atoms with Gasteiger partial charge in [0.1, 0.15) is 6.04 Å². The molecular formula is C22H23N3O5. The van der Waals surface area contributed by atoms with Gasteiger partial charge < -0.3 is 20.8 Å². The summed E-state index contributed by atoms with van der Waals surface area (Å²) in [7, 11) is 0. The highest BCUT2D eigenvalue weighted by molar-refractivity contribution is 5.95. The number of hydrogen-bond donors (Lipinski definition) is 4. The van der Waals surface area contributed by atoms with E-state index in [2.05, 4.69) is 10.6 Å². The summed E-state index contributed by atoms with van der Waals surface area (Å²) < 4.78 is 0. The van der Waals surface area contributed by atoms with Crippen molar-refractivity contribution in [1.82, 2.24) is 10.6 Å². The van der Waals surface area contributed by atoms with Crippen LogP contribution in [0, 0.1) is 17.2 Å². The maximum Gasteiger partial charge on any atom is 0.326 e. The van der Waals surface area contributed by atoms with Gasteiger partial charge in [-0.1, -0.05) is 48.5 Å². The Labute approximate surface area is 174 Å². The molecule has 2 rings (SSSR count). The van der Waals surface area contributed by atoms with Crippen molar-refractivity contribution in [3.05, 3.63) is 71.8 Å². The molecule has 8 heteroatoms. The number of carbonyl (C=O) groups is 3. The van der Waals surface area contributed by atoms with Crippen LogP contribution in [0.25, 0.3) is 0 Å². The van der Waals surface area contributed by atoms with Crippen LogP contribution in [0.5, 0.6) is 0 Å². The van der Waals surface area contributed by atoms with E-state index in [9.17, 15) is 24.6 Å². The zero-order valence-corrected chi connectivity index (χ0v) is 16.4. The maximum absolute atomic E-state index is 12.6. The lowest BCUT2D eigenvalue weighted by molar-refractivity contribution is -0.144. The van der Waals surface area contributed by atoms with Crippen molar-refractivity contribution in [2.75, 3.05) is 0 Å². The van der Waals surface area contributed by atoms with Gasteiger partial charge in [-0.2, -0.15) is 5.26 Å². The second kappa shape index (κ2) is 10.7. The number of hydrogen-bond acceptors (Lipinski definition) is 5. The lowest BCUT2D eigenvalue weighted by Crippen LogP contribution is -2.50. The van der Waals surface area contributed by atoms with E-state index in [0.717, 1.165) is 0 Å². The molecule has 0 aromatic heterocycles. The van der Waals surface area contributed by atoms with Gasteiger partial charge in [-0.05, 0) is 31.0 Å². The Hall–Kier alpha value is -3.70. The number of aliphatic hydroxyl groups excluding tert-OH is 1. The van der Waals surface area contributed by atoms with E-state index in [1.807, 2.05) is 6.07 Å². The molecule has 2 amide bonds. The first-order valence-electron chi connectivity index (χ1n) is 9.35. The predicted octanol–water partition coefficient (Wildman–Crippen LogP) is 1.64. The van der Waals surface area contributed by atoms with Crippen LogP contribution in [0.4, 0.5) is 0 Å². The standard InChI is InChI=1S/C22H23N3O5/c1-14(13-23)12-17(22(29)30)24-21(28)19(26)18(15-8-4-2-5-9-15)25-20(27)16-10-6-3-7-11-16/h2-11,14,17-19,26H,12H2,1H3,(H,24,28)(H,25,27)(H,29,30)/t14-,17+,18-,19+/m0/s1. The number of carboxylic acid groups (broad SMARTS) is 1. The molecule has 2 aromatic rings. The lowest BCUT2D eigenvalue weighted by Gasteiger charge is -2.25. The highest BCUT2D eigenvalue weighted by Crippen LogP contribution is 2.19. The summed E-state index contributed by atoms with van der Waals surface area (Å²) >= 11 is 0. The molecule has 0 aliphatic carbocycles. The Kier molecular flexibility index (Phi) is 8.08. The van der Waals surface area contributed by atoms with E-state index in [0.29, 0.717) is 11.1 Å². The smallest absolute Gasteiger partial charge is 0.326 e. The van der Waals surface area contributed by atoms with Gasteiger partial charge in [0.15, 0.2) is 6.10 Å². The third kappa shape index (κ3) is 6.15. The fourth-order valence-corrected chi connectivity index (χ4v) is 2.86. The van der Waals surface area contributed by atoms with Crippen molar-refractivity contribution in [3.8, 4) is 6.07 Å². The number of aliphatic hydroxyl groups is 1. The zero-order chi connectivity index (χ0) is 22.1. The highest BCUT2D eigenvalue weighted by atomic mass is 16.4. The largest absolute Gasteiger partial charge is 0.480 e. The number of amides is 2. The second-order valence-electron chi connectivity index (χ2n) is 6.84. The summed E-state index contributed by atoms with van der Waals surface area (Å²) in [5.41, 5.74) is 0.819. The van der Waals surface area contributed by atoms with E-state index in [-0.39, 0.29) is 6.42 Å². The van der Waals surface area contributed by atoms with Crippen molar-refractivity contribution in [2.24, 2.45) is 5.92 Å². The molecule has 0 aliphatic rings. The van der Waals surface area contributed by atoms with E-state index < -0.39 is 41.9 Å². The van der Waals surface area contributed by atoms with Crippen molar-refractivity contribution < 1.29 is 24.6 Å². The van der Waals surface area contributed by atoms with Crippen molar-refractivity contribution in [3.63, 3.8) is 0 Å². The topological polar surface area (TPSA) is 140 Å². The van der Waals surface area contributed by atoms with Gasteiger partial charge in [-0.25, -0.2) is 4.79 Å². The first-order valence-corrected chi connectivity index (χ1v) is 9.35. The van der Waals surface area contributed by atoms with E-state index in [4.69, 9.17) is 5.26 Å². The Bertz CT molecular complexity index is 911. The number of aliphatic carboxylic acids is 1. The van der Waals surface area contributed by atoms with Gasteiger partial charge in [0, 0.05) is 11.5 Å². The molecule has 0 bridgehead atoms. The quantitative estimate of drug-likeness (QED) is 0.496. The molecule has 0 fully saturated rings. The second-order valence-corrected chi connectivity index (χ2v) is 6.84.